The van der Waals surface area contributed by atoms with E-state index in [0.717, 1.165) is 48.8 Å². The molecule has 2 aromatic heterocycles. The number of aryl methyl sites for hydroxylation is 1. The molecule has 0 N–H and O–H groups in total. The zero-order valence-electron chi connectivity index (χ0n) is 14.3. The Kier molecular flexibility index (Phi) is 4.14. The predicted molar refractivity (Wildman–Crippen MR) is 91.7 cm³/mol. The van der Waals surface area contributed by atoms with E-state index in [1.165, 1.54) is 0 Å². The highest BCUT2D eigenvalue weighted by Crippen LogP contribution is 2.32. The van der Waals surface area contributed by atoms with E-state index in [9.17, 15) is 13.6 Å². The monoisotopic (exact) mass is 356 g/mol. The van der Waals surface area contributed by atoms with Crippen LogP contribution in [0.5, 0.6) is 0 Å². The summed E-state index contributed by atoms with van der Waals surface area (Å²) in [6, 6.07) is 6.39. The number of carbonyl (C=O) groups is 1. The highest BCUT2D eigenvalue weighted by Gasteiger charge is 2.31. The van der Waals surface area contributed by atoms with Crippen molar-refractivity contribution >= 4 is 11.6 Å². The van der Waals surface area contributed by atoms with Crippen molar-refractivity contribution in [2.75, 3.05) is 6.54 Å². The molecule has 1 aliphatic heterocycles. The number of hydrogen-bond donors (Lipinski definition) is 0. The molecule has 0 aliphatic carbocycles. The van der Waals surface area contributed by atoms with Gasteiger partial charge in [0.2, 0.25) is 0 Å². The van der Waals surface area contributed by atoms with Gasteiger partial charge in [-0.2, -0.15) is 5.10 Å². The maximum absolute atomic E-state index is 14.1. The number of amides is 1. The molecule has 0 saturated carbocycles. The minimum absolute atomic E-state index is 0.238. The fraction of sp³-hybridized carbons (Fsp3) is 0.316. The molecule has 3 heterocycles. The lowest BCUT2D eigenvalue weighted by Crippen LogP contribution is -2.39. The summed E-state index contributed by atoms with van der Waals surface area (Å²) < 4.78 is 29.3. The quantitative estimate of drug-likeness (QED) is 0.704. The molecule has 0 radical (unpaired) electrons. The van der Waals surface area contributed by atoms with Gasteiger partial charge in [0.25, 0.3) is 5.91 Å². The predicted octanol–water partition coefficient (Wildman–Crippen LogP) is 3.68. The Balaban J connectivity index is 1.71. The van der Waals surface area contributed by atoms with Crippen molar-refractivity contribution in [3.8, 4) is 0 Å². The van der Waals surface area contributed by atoms with Gasteiger partial charge in [-0.05, 0) is 50.5 Å². The van der Waals surface area contributed by atoms with Crippen molar-refractivity contribution < 1.29 is 13.6 Å². The van der Waals surface area contributed by atoms with Crippen LogP contribution in [0.3, 0.4) is 0 Å². The van der Waals surface area contributed by atoms with E-state index in [1.54, 1.807) is 9.42 Å². The van der Waals surface area contributed by atoms with E-state index in [0.29, 0.717) is 12.2 Å². The van der Waals surface area contributed by atoms with E-state index in [1.807, 2.05) is 25.3 Å². The fourth-order valence-corrected chi connectivity index (χ4v) is 3.50. The first-order chi connectivity index (χ1) is 12.5. The van der Waals surface area contributed by atoms with Crippen molar-refractivity contribution in [2.24, 2.45) is 0 Å². The van der Waals surface area contributed by atoms with Gasteiger partial charge in [0.05, 0.1) is 23.0 Å². The van der Waals surface area contributed by atoms with Crippen molar-refractivity contribution in [2.45, 2.75) is 32.2 Å². The van der Waals surface area contributed by atoms with Crippen molar-refractivity contribution in [1.29, 1.82) is 0 Å². The number of halogens is 2. The van der Waals surface area contributed by atoms with E-state index in [2.05, 4.69) is 10.1 Å². The second-order valence-electron chi connectivity index (χ2n) is 6.58. The van der Waals surface area contributed by atoms with Gasteiger partial charge < -0.3 is 4.90 Å². The molecular formula is C19H18F2N4O. The van der Waals surface area contributed by atoms with Crippen LogP contribution in [0.4, 0.5) is 8.78 Å². The molecule has 1 aliphatic rings. The number of benzene rings is 1. The average Bonchev–Trinajstić information content (AvgIpc) is 3.02. The van der Waals surface area contributed by atoms with Gasteiger partial charge >= 0.3 is 0 Å². The van der Waals surface area contributed by atoms with Gasteiger partial charge in [-0.25, -0.2) is 18.3 Å². The molecule has 4 rings (SSSR count). The molecule has 26 heavy (non-hydrogen) atoms. The van der Waals surface area contributed by atoms with Gasteiger partial charge in [0, 0.05) is 18.8 Å². The number of piperidine rings is 1. The molecule has 7 heteroatoms. The van der Waals surface area contributed by atoms with E-state index in [4.69, 9.17) is 0 Å². The van der Waals surface area contributed by atoms with Crippen LogP contribution in [0.15, 0.2) is 36.5 Å². The Labute approximate surface area is 149 Å². The van der Waals surface area contributed by atoms with E-state index < -0.39 is 17.5 Å². The van der Waals surface area contributed by atoms with Gasteiger partial charge in [-0.1, -0.05) is 0 Å². The third kappa shape index (κ3) is 2.94. The second-order valence-corrected chi connectivity index (χ2v) is 6.58. The summed E-state index contributed by atoms with van der Waals surface area (Å²) in [4.78, 5) is 19.1. The second kappa shape index (κ2) is 6.48. The Hall–Kier alpha value is -2.83. The third-order valence-corrected chi connectivity index (χ3v) is 4.73. The maximum atomic E-state index is 14.1. The van der Waals surface area contributed by atoms with Crippen LogP contribution < -0.4 is 0 Å². The van der Waals surface area contributed by atoms with Crippen LogP contribution in [0.1, 0.15) is 47.1 Å². The summed E-state index contributed by atoms with van der Waals surface area (Å²) in [5, 5.41) is 4.30. The van der Waals surface area contributed by atoms with E-state index >= 15 is 0 Å². The summed E-state index contributed by atoms with van der Waals surface area (Å²) in [5.41, 5.74) is 2.06. The highest BCUT2D eigenvalue weighted by atomic mass is 19.1. The molecule has 1 fully saturated rings. The Morgan fingerprint density at radius 2 is 2.04 bits per heavy atom. The molecule has 1 amide bonds. The zero-order valence-corrected chi connectivity index (χ0v) is 14.3. The van der Waals surface area contributed by atoms with Crippen molar-refractivity contribution in [3.63, 3.8) is 0 Å². The number of fused-ring (bicyclic) bond motifs is 1. The Morgan fingerprint density at radius 3 is 2.88 bits per heavy atom. The molecule has 1 saturated heterocycles. The van der Waals surface area contributed by atoms with Crippen molar-refractivity contribution in [3.05, 3.63) is 65.1 Å². The highest BCUT2D eigenvalue weighted by molar-refractivity contribution is 5.94. The van der Waals surface area contributed by atoms with Crippen LogP contribution in [0.25, 0.3) is 5.65 Å². The van der Waals surface area contributed by atoms with Crippen LogP contribution in [-0.2, 0) is 0 Å². The third-order valence-electron chi connectivity index (χ3n) is 4.73. The molecule has 1 atom stereocenters. The lowest BCUT2D eigenvalue weighted by atomic mass is 9.97. The fourth-order valence-electron chi connectivity index (χ4n) is 3.50. The van der Waals surface area contributed by atoms with E-state index in [-0.39, 0.29) is 11.6 Å². The molecule has 3 aromatic rings. The van der Waals surface area contributed by atoms with Gasteiger partial charge in [-0.3, -0.25) is 4.79 Å². The molecule has 0 bridgehead atoms. The minimum atomic E-state index is -0.712. The maximum Gasteiger partial charge on any atom is 0.257 e. The summed E-state index contributed by atoms with van der Waals surface area (Å²) in [6.07, 6.45) is 4.32. The smallest absolute Gasteiger partial charge is 0.257 e. The number of hydrogen-bond acceptors (Lipinski definition) is 3. The molecule has 5 nitrogen and oxygen atoms in total. The molecule has 1 aromatic carbocycles. The van der Waals surface area contributed by atoms with Gasteiger partial charge in [0.1, 0.15) is 11.6 Å². The molecule has 0 spiro atoms. The van der Waals surface area contributed by atoms with Crippen LogP contribution in [0, 0.1) is 18.6 Å². The largest absolute Gasteiger partial charge is 0.330 e. The average molecular weight is 356 g/mol. The number of carbonyl (C=O) groups excluding carboxylic acids is 1. The summed E-state index contributed by atoms with van der Waals surface area (Å²) >= 11 is 0. The summed E-state index contributed by atoms with van der Waals surface area (Å²) in [6.45, 7) is 2.38. The SMILES string of the molecule is Cc1cc2nc([C@@H]3CCCCN3C(=O)c3cc(F)ccc3F)ccn2n1. The number of aromatic nitrogens is 3. The summed E-state index contributed by atoms with van der Waals surface area (Å²) in [5.74, 6) is -1.84. The number of nitrogens with zero attached hydrogens (tertiary/aromatic N) is 4. The van der Waals surface area contributed by atoms with Crippen LogP contribution in [0.2, 0.25) is 0 Å². The number of likely N-dealkylation sites (tertiary alicyclic amines) is 1. The van der Waals surface area contributed by atoms with Crippen LogP contribution in [-0.4, -0.2) is 31.9 Å². The summed E-state index contributed by atoms with van der Waals surface area (Å²) in [7, 11) is 0. The Bertz CT molecular complexity index is 985. The topological polar surface area (TPSA) is 50.5 Å². The zero-order chi connectivity index (χ0) is 18.3. The van der Waals surface area contributed by atoms with Crippen LogP contribution >= 0.6 is 0 Å². The standard InChI is InChI=1S/C19H18F2N4O/c1-12-10-18-22-16(7-9-25(18)23-12)17-4-2-3-8-24(17)19(26)14-11-13(20)5-6-15(14)21/h5-7,9-11,17H,2-4,8H2,1H3/t17-/m0/s1. The lowest BCUT2D eigenvalue weighted by molar-refractivity contribution is 0.0601. The van der Waals surface area contributed by atoms with Gasteiger partial charge in [-0.15, -0.1) is 0 Å². The molecule has 134 valence electrons. The molecular weight excluding hydrogens is 338 g/mol. The minimum Gasteiger partial charge on any atom is -0.330 e. The lowest BCUT2D eigenvalue weighted by Gasteiger charge is -2.35. The normalized spacial score (nSPS) is 17.7. The first-order valence-corrected chi connectivity index (χ1v) is 8.62. The first kappa shape index (κ1) is 16.6. The van der Waals surface area contributed by atoms with Gasteiger partial charge in [0.15, 0.2) is 5.65 Å². The molecule has 0 unspecified atom stereocenters. The number of rotatable bonds is 2. The van der Waals surface area contributed by atoms with Crippen molar-refractivity contribution in [1.82, 2.24) is 19.5 Å². The Morgan fingerprint density at radius 1 is 1.19 bits per heavy atom. The first-order valence-electron chi connectivity index (χ1n) is 8.62.